The van der Waals surface area contributed by atoms with Gasteiger partial charge < -0.3 is 14.2 Å². The van der Waals surface area contributed by atoms with Gasteiger partial charge in [0.2, 0.25) is 0 Å². The average Bonchev–Trinajstić information content (AvgIpc) is 3.13. The minimum absolute atomic E-state index is 0.0736. The maximum absolute atomic E-state index is 12.6. The molecule has 0 spiro atoms. The number of hydrogen-bond donors (Lipinski definition) is 0. The summed E-state index contributed by atoms with van der Waals surface area (Å²) in [5.41, 5.74) is 0. The van der Waals surface area contributed by atoms with Crippen molar-refractivity contribution in [2.45, 2.75) is 232 Å². The van der Waals surface area contributed by atoms with Gasteiger partial charge in [0.15, 0.2) is 6.10 Å². The predicted molar refractivity (Wildman–Crippen MR) is 215 cm³/mol. The molecule has 0 aliphatic carbocycles. The van der Waals surface area contributed by atoms with Crippen molar-refractivity contribution in [3.05, 3.63) is 24.3 Å². The molecule has 0 amide bonds. The number of allylic oxidation sites excluding steroid dienone is 4. The van der Waals surface area contributed by atoms with Crippen LogP contribution in [-0.4, -0.2) is 37.2 Å². The summed E-state index contributed by atoms with van der Waals surface area (Å²) in [4.78, 5) is 37.5. The Morgan fingerprint density at radius 2 is 0.706 bits per heavy atom. The lowest BCUT2D eigenvalue weighted by Crippen LogP contribution is -2.30. The van der Waals surface area contributed by atoms with Crippen LogP contribution in [0.4, 0.5) is 0 Å². The van der Waals surface area contributed by atoms with Gasteiger partial charge in [-0.1, -0.05) is 180 Å². The highest BCUT2D eigenvalue weighted by Crippen LogP contribution is 2.14. The lowest BCUT2D eigenvalue weighted by Gasteiger charge is -2.18. The van der Waals surface area contributed by atoms with Crippen LogP contribution in [0.25, 0.3) is 0 Å². The molecule has 0 N–H and O–H groups in total. The van der Waals surface area contributed by atoms with Gasteiger partial charge in [-0.15, -0.1) is 0 Å². The molecule has 0 rings (SSSR count). The van der Waals surface area contributed by atoms with E-state index >= 15 is 0 Å². The van der Waals surface area contributed by atoms with Crippen LogP contribution in [0.2, 0.25) is 0 Å². The Bertz CT molecular complexity index is 835. The van der Waals surface area contributed by atoms with E-state index < -0.39 is 6.10 Å². The van der Waals surface area contributed by atoms with Crippen LogP contribution in [0.1, 0.15) is 226 Å². The zero-order valence-corrected chi connectivity index (χ0v) is 33.9. The predicted octanol–water partition coefficient (Wildman–Crippen LogP) is 13.6. The van der Waals surface area contributed by atoms with Gasteiger partial charge in [-0.3, -0.25) is 14.4 Å². The molecule has 0 aromatic carbocycles. The molecule has 0 saturated carbocycles. The second kappa shape index (κ2) is 40.7. The number of carbonyl (C=O) groups is 3. The number of hydrogen-bond acceptors (Lipinski definition) is 6. The highest BCUT2D eigenvalue weighted by Gasteiger charge is 2.19. The van der Waals surface area contributed by atoms with Crippen molar-refractivity contribution < 1.29 is 28.6 Å². The zero-order valence-electron chi connectivity index (χ0n) is 33.9. The molecule has 1 atom stereocenters. The number of ether oxygens (including phenoxy) is 3. The maximum atomic E-state index is 12.6. The average molecular weight is 719 g/mol. The quantitative estimate of drug-likeness (QED) is 0.0272. The minimum atomic E-state index is -0.767. The van der Waals surface area contributed by atoms with Gasteiger partial charge in [0.05, 0.1) is 0 Å². The first kappa shape index (κ1) is 48.9. The summed E-state index contributed by atoms with van der Waals surface area (Å²) in [5.74, 6) is -0.895. The summed E-state index contributed by atoms with van der Waals surface area (Å²) in [6, 6.07) is 0. The van der Waals surface area contributed by atoms with Crippen molar-refractivity contribution in [1.82, 2.24) is 0 Å². The van der Waals surface area contributed by atoms with Gasteiger partial charge in [0.25, 0.3) is 0 Å². The Labute approximate surface area is 315 Å². The highest BCUT2D eigenvalue weighted by molar-refractivity contribution is 5.71. The summed E-state index contributed by atoms with van der Waals surface area (Å²) in [5, 5.41) is 0. The molecule has 6 heteroatoms. The summed E-state index contributed by atoms with van der Waals surface area (Å²) < 4.78 is 16.6. The van der Waals surface area contributed by atoms with E-state index in [-0.39, 0.29) is 31.1 Å². The number of rotatable bonds is 39. The molecule has 0 aliphatic rings. The SMILES string of the molecule is CCCCC/C=C\C/C=C\CCCCCCCC(=O)OCC(COC(=O)CCCCCCCC)OC(=O)CCCCCCCCCCCCCC. The standard InChI is InChI=1S/C45H82O6/c1-4-7-10-13-16-18-20-22-23-24-26-27-29-32-35-38-44(47)50-41-42(40-49-43(46)37-34-31-15-12-9-6-3)51-45(48)39-36-33-30-28-25-21-19-17-14-11-8-5-2/h16,18,22-23,42H,4-15,17,19-21,24-41H2,1-3H3/b18-16-,23-22-. The summed E-state index contributed by atoms with van der Waals surface area (Å²) in [6.45, 7) is 6.53. The first-order valence-electron chi connectivity index (χ1n) is 21.8. The second-order valence-corrected chi connectivity index (χ2v) is 14.6. The van der Waals surface area contributed by atoms with E-state index in [2.05, 4.69) is 45.1 Å². The van der Waals surface area contributed by atoms with E-state index in [0.29, 0.717) is 19.3 Å². The third-order valence-electron chi connectivity index (χ3n) is 9.46. The number of esters is 3. The molecule has 0 aromatic rings. The first-order valence-corrected chi connectivity index (χ1v) is 21.8. The van der Waals surface area contributed by atoms with Crippen LogP contribution < -0.4 is 0 Å². The minimum Gasteiger partial charge on any atom is -0.462 e. The van der Waals surface area contributed by atoms with Gasteiger partial charge >= 0.3 is 17.9 Å². The van der Waals surface area contributed by atoms with E-state index in [9.17, 15) is 14.4 Å². The van der Waals surface area contributed by atoms with Crippen LogP contribution >= 0.6 is 0 Å². The maximum Gasteiger partial charge on any atom is 0.306 e. The van der Waals surface area contributed by atoms with Crippen LogP contribution in [0.3, 0.4) is 0 Å². The van der Waals surface area contributed by atoms with E-state index in [4.69, 9.17) is 14.2 Å². The molecule has 0 fully saturated rings. The van der Waals surface area contributed by atoms with Gasteiger partial charge in [-0.2, -0.15) is 0 Å². The number of carbonyl (C=O) groups excluding carboxylic acids is 3. The van der Waals surface area contributed by atoms with Crippen molar-refractivity contribution in [2.24, 2.45) is 0 Å². The Hall–Kier alpha value is -2.11. The Kier molecular flexibility index (Phi) is 39.0. The fourth-order valence-corrected chi connectivity index (χ4v) is 6.12. The fourth-order valence-electron chi connectivity index (χ4n) is 6.12. The molecule has 0 radical (unpaired) electrons. The van der Waals surface area contributed by atoms with Crippen molar-refractivity contribution in [1.29, 1.82) is 0 Å². The molecule has 0 heterocycles. The van der Waals surface area contributed by atoms with Gasteiger partial charge in [0, 0.05) is 19.3 Å². The zero-order chi connectivity index (χ0) is 37.3. The van der Waals surface area contributed by atoms with Crippen LogP contribution in [-0.2, 0) is 28.6 Å². The Morgan fingerprint density at radius 1 is 0.392 bits per heavy atom. The number of unbranched alkanes of at least 4 members (excludes halogenated alkanes) is 24. The van der Waals surface area contributed by atoms with E-state index in [1.807, 2.05) is 0 Å². The van der Waals surface area contributed by atoms with E-state index in [0.717, 1.165) is 77.0 Å². The molecular formula is C45H82O6. The van der Waals surface area contributed by atoms with E-state index in [1.54, 1.807) is 0 Å². The smallest absolute Gasteiger partial charge is 0.306 e. The molecular weight excluding hydrogens is 636 g/mol. The largest absolute Gasteiger partial charge is 0.462 e. The fraction of sp³-hybridized carbons (Fsp3) is 0.844. The lowest BCUT2D eigenvalue weighted by molar-refractivity contribution is -0.167. The Morgan fingerprint density at radius 3 is 1.12 bits per heavy atom. The highest BCUT2D eigenvalue weighted by atomic mass is 16.6. The van der Waals surface area contributed by atoms with Gasteiger partial charge in [0.1, 0.15) is 13.2 Å². The molecule has 0 saturated heterocycles. The third kappa shape index (κ3) is 38.9. The summed E-state index contributed by atoms with van der Waals surface area (Å²) in [7, 11) is 0. The third-order valence-corrected chi connectivity index (χ3v) is 9.46. The molecule has 0 bridgehead atoms. The van der Waals surface area contributed by atoms with Crippen molar-refractivity contribution in [3.63, 3.8) is 0 Å². The molecule has 0 aromatic heterocycles. The molecule has 298 valence electrons. The summed E-state index contributed by atoms with van der Waals surface area (Å²) in [6.07, 6.45) is 43.1. The van der Waals surface area contributed by atoms with Crippen molar-refractivity contribution >= 4 is 17.9 Å². The van der Waals surface area contributed by atoms with Crippen molar-refractivity contribution in [2.75, 3.05) is 13.2 Å². The molecule has 1 unspecified atom stereocenters. The van der Waals surface area contributed by atoms with Crippen LogP contribution in [0.5, 0.6) is 0 Å². The first-order chi connectivity index (χ1) is 25.0. The molecule has 51 heavy (non-hydrogen) atoms. The van der Waals surface area contributed by atoms with Gasteiger partial charge in [-0.25, -0.2) is 0 Å². The second-order valence-electron chi connectivity index (χ2n) is 14.6. The van der Waals surface area contributed by atoms with Crippen LogP contribution in [0, 0.1) is 0 Å². The normalized spacial score (nSPS) is 12.1. The lowest BCUT2D eigenvalue weighted by atomic mass is 10.0. The topological polar surface area (TPSA) is 78.9 Å². The molecule has 6 nitrogen and oxygen atoms in total. The monoisotopic (exact) mass is 719 g/mol. The van der Waals surface area contributed by atoms with Crippen LogP contribution in [0.15, 0.2) is 24.3 Å². The van der Waals surface area contributed by atoms with E-state index in [1.165, 1.54) is 109 Å². The van der Waals surface area contributed by atoms with Crippen molar-refractivity contribution in [3.8, 4) is 0 Å². The Balaban J connectivity index is 4.29. The summed E-state index contributed by atoms with van der Waals surface area (Å²) >= 11 is 0. The molecule has 0 aliphatic heterocycles. The van der Waals surface area contributed by atoms with Gasteiger partial charge in [-0.05, 0) is 51.4 Å².